The van der Waals surface area contributed by atoms with Gasteiger partial charge in [-0.2, -0.15) is 5.10 Å². The summed E-state index contributed by atoms with van der Waals surface area (Å²) in [6, 6.07) is 1.89. The Kier molecular flexibility index (Phi) is 3.03. The summed E-state index contributed by atoms with van der Waals surface area (Å²) in [5.74, 6) is -0.475. The van der Waals surface area contributed by atoms with Crippen LogP contribution in [0, 0.1) is 0 Å². The van der Waals surface area contributed by atoms with E-state index in [1.165, 1.54) is 25.1 Å². The number of hydrogen-bond acceptors (Lipinski definition) is 4. The molecule has 5 heteroatoms. The van der Waals surface area contributed by atoms with Gasteiger partial charge >= 0.3 is 5.97 Å². The number of aromatic carboxylic acids is 1. The van der Waals surface area contributed by atoms with Gasteiger partial charge in [0, 0.05) is 13.1 Å². The first-order valence-corrected chi connectivity index (χ1v) is 5.48. The molecule has 2 rings (SSSR count). The number of carboxylic acids is 1. The first-order valence-electron chi connectivity index (χ1n) is 5.48. The van der Waals surface area contributed by atoms with Crippen molar-refractivity contribution in [3.8, 4) is 0 Å². The van der Waals surface area contributed by atoms with Gasteiger partial charge in [-0.3, -0.25) is 0 Å². The van der Waals surface area contributed by atoms with Crippen LogP contribution in [-0.2, 0) is 0 Å². The molecule has 1 aromatic rings. The maximum atomic E-state index is 11.0. The minimum atomic E-state index is -0.949. The van der Waals surface area contributed by atoms with Gasteiger partial charge in [0.25, 0.3) is 0 Å². The molecule has 1 aliphatic carbocycles. The summed E-state index contributed by atoms with van der Waals surface area (Å²) < 4.78 is 0. The SMILES string of the molecule is CN(c1nnccc1C(=O)O)C1CCCC1. The molecule has 0 spiro atoms. The van der Waals surface area contributed by atoms with Gasteiger partial charge in [0.15, 0.2) is 5.82 Å². The predicted molar refractivity (Wildman–Crippen MR) is 59.7 cm³/mol. The fraction of sp³-hybridized carbons (Fsp3) is 0.545. The van der Waals surface area contributed by atoms with Crippen LogP contribution in [0.2, 0.25) is 0 Å². The Morgan fingerprint density at radius 2 is 2.19 bits per heavy atom. The third-order valence-electron chi connectivity index (χ3n) is 3.14. The fourth-order valence-corrected chi connectivity index (χ4v) is 2.22. The highest BCUT2D eigenvalue weighted by Gasteiger charge is 2.24. The summed E-state index contributed by atoms with van der Waals surface area (Å²) in [5, 5.41) is 16.8. The first kappa shape index (κ1) is 10.9. The monoisotopic (exact) mass is 221 g/mol. The second-order valence-electron chi connectivity index (χ2n) is 4.12. The van der Waals surface area contributed by atoms with Gasteiger partial charge in [0.05, 0.1) is 6.20 Å². The summed E-state index contributed by atoms with van der Waals surface area (Å²) in [7, 11) is 1.90. The second kappa shape index (κ2) is 4.47. The van der Waals surface area contributed by atoms with Crippen molar-refractivity contribution in [1.29, 1.82) is 0 Å². The summed E-state index contributed by atoms with van der Waals surface area (Å²) in [5.41, 5.74) is 0.226. The van der Waals surface area contributed by atoms with Crippen LogP contribution in [0.1, 0.15) is 36.0 Å². The molecule has 0 aromatic carbocycles. The Labute approximate surface area is 94.1 Å². The van der Waals surface area contributed by atoms with Gasteiger partial charge in [-0.1, -0.05) is 12.8 Å². The van der Waals surface area contributed by atoms with E-state index in [-0.39, 0.29) is 5.56 Å². The van der Waals surface area contributed by atoms with Crippen molar-refractivity contribution >= 4 is 11.8 Å². The normalized spacial score (nSPS) is 16.3. The molecule has 0 bridgehead atoms. The van der Waals surface area contributed by atoms with Crippen molar-refractivity contribution in [2.45, 2.75) is 31.7 Å². The van der Waals surface area contributed by atoms with Crippen LogP contribution in [0.5, 0.6) is 0 Å². The highest BCUT2D eigenvalue weighted by Crippen LogP contribution is 2.27. The smallest absolute Gasteiger partial charge is 0.339 e. The minimum Gasteiger partial charge on any atom is -0.478 e. The Morgan fingerprint density at radius 3 is 2.81 bits per heavy atom. The average Bonchev–Trinajstić information content (AvgIpc) is 2.81. The van der Waals surface area contributed by atoms with Crippen LogP contribution >= 0.6 is 0 Å². The lowest BCUT2D eigenvalue weighted by molar-refractivity contribution is 0.0697. The number of carbonyl (C=O) groups is 1. The Balaban J connectivity index is 2.27. The molecule has 1 saturated carbocycles. The van der Waals surface area contributed by atoms with Gasteiger partial charge in [0.2, 0.25) is 0 Å². The number of anilines is 1. The third-order valence-corrected chi connectivity index (χ3v) is 3.14. The van der Waals surface area contributed by atoms with E-state index < -0.39 is 5.97 Å². The maximum absolute atomic E-state index is 11.0. The molecule has 0 unspecified atom stereocenters. The van der Waals surface area contributed by atoms with E-state index in [0.717, 1.165) is 12.8 Å². The second-order valence-corrected chi connectivity index (χ2v) is 4.12. The Hall–Kier alpha value is -1.65. The molecule has 1 heterocycles. The molecular formula is C11H15N3O2. The zero-order chi connectivity index (χ0) is 11.5. The Morgan fingerprint density at radius 1 is 1.50 bits per heavy atom. The van der Waals surface area contributed by atoms with Crippen LogP contribution in [0.4, 0.5) is 5.82 Å². The van der Waals surface area contributed by atoms with Crippen molar-refractivity contribution in [2.24, 2.45) is 0 Å². The van der Waals surface area contributed by atoms with Crippen molar-refractivity contribution < 1.29 is 9.90 Å². The molecule has 0 amide bonds. The first-order chi connectivity index (χ1) is 7.70. The number of rotatable bonds is 3. The van der Waals surface area contributed by atoms with E-state index in [0.29, 0.717) is 11.9 Å². The van der Waals surface area contributed by atoms with E-state index in [1.807, 2.05) is 11.9 Å². The zero-order valence-corrected chi connectivity index (χ0v) is 9.26. The fourth-order valence-electron chi connectivity index (χ4n) is 2.22. The number of carboxylic acid groups (broad SMARTS) is 1. The highest BCUT2D eigenvalue weighted by molar-refractivity contribution is 5.93. The summed E-state index contributed by atoms with van der Waals surface area (Å²) in [6.07, 6.45) is 6.03. The predicted octanol–water partition coefficient (Wildman–Crippen LogP) is 1.55. The van der Waals surface area contributed by atoms with Crippen LogP contribution in [0.3, 0.4) is 0 Å². The molecule has 0 aliphatic heterocycles. The van der Waals surface area contributed by atoms with E-state index >= 15 is 0 Å². The van der Waals surface area contributed by atoms with Crippen LogP contribution < -0.4 is 4.90 Å². The molecule has 0 radical (unpaired) electrons. The number of aromatic nitrogens is 2. The van der Waals surface area contributed by atoms with E-state index in [1.54, 1.807) is 0 Å². The van der Waals surface area contributed by atoms with Crippen LogP contribution in [-0.4, -0.2) is 34.4 Å². The summed E-state index contributed by atoms with van der Waals surface area (Å²) in [4.78, 5) is 13.0. The lowest BCUT2D eigenvalue weighted by Crippen LogP contribution is -2.31. The summed E-state index contributed by atoms with van der Waals surface area (Å²) in [6.45, 7) is 0. The van der Waals surface area contributed by atoms with Crippen LogP contribution in [0.25, 0.3) is 0 Å². The van der Waals surface area contributed by atoms with E-state index in [9.17, 15) is 4.79 Å². The maximum Gasteiger partial charge on any atom is 0.339 e. The third kappa shape index (κ3) is 1.98. The Bertz CT molecular complexity index is 389. The molecule has 0 saturated heterocycles. The van der Waals surface area contributed by atoms with Gasteiger partial charge in [-0.15, -0.1) is 5.10 Å². The number of nitrogens with zero attached hydrogens (tertiary/aromatic N) is 3. The van der Waals surface area contributed by atoms with E-state index in [4.69, 9.17) is 5.11 Å². The highest BCUT2D eigenvalue weighted by atomic mass is 16.4. The largest absolute Gasteiger partial charge is 0.478 e. The minimum absolute atomic E-state index is 0.226. The zero-order valence-electron chi connectivity index (χ0n) is 9.26. The lowest BCUT2D eigenvalue weighted by atomic mass is 10.2. The average molecular weight is 221 g/mol. The molecule has 1 aromatic heterocycles. The molecule has 86 valence electrons. The molecule has 1 N–H and O–H groups in total. The van der Waals surface area contributed by atoms with Crippen molar-refractivity contribution in [1.82, 2.24) is 10.2 Å². The van der Waals surface area contributed by atoms with E-state index in [2.05, 4.69) is 10.2 Å². The topological polar surface area (TPSA) is 66.3 Å². The molecular weight excluding hydrogens is 206 g/mol. The summed E-state index contributed by atoms with van der Waals surface area (Å²) >= 11 is 0. The molecule has 16 heavy (non-hydrogen) atoms. The quantitative estimate of drug-likeness (QED) is 0.838. The van der Waals surface area contributed by atoms with Crippen molar-refractivity contribution in [3.63, 3.8) is 0 Å². The lowest BCUT2D eigenvalue weighted by Gasteiger charge is -2.25. The van der Waals surface area contributed by atoms with Gasteiger partial charge in [-0.05, 0) is 18.9 Å². The number of hydrogen-bond donors (Lipinski definition) is 1. The molecule has 1 aliphatic rings. The van der Waals surface area contributed by atoms with Gasteiger partial charge in [0.1, 0.15) is 5.56 Å². The van der Waals surface area contributed by atoms with Gasteiger partial charge < -0.3 is 10.0 Å². The molecule has 0 atom stereocenters. The molecule has 1 fully saturated rings. The van der Waals surface area contributed by atoms with Crippen molar-refractivity contribution in [3.05, 3.63) is 17.8 Å². The van der Waals surface area contributed by atoms with Crippen molar-refractivity contribution in [2.75, 3.05) is 11.9 Å². The standard InChI is InChI=1S/C11H15N3O2/c1-14(8-4-2-3-5-8)10-9(11(15)16)6-7-12-13-10/h6-8H,2-5H2,1H3,(H,15,16). The van der Waals surface area contributed by atoms with Crippen LogP contribution in [0.15, 0.2) is 12.3 Å². The molecule has 5 nitrogen and oxygen atoms in total. The van der Waals surface area contributed by atoms with Gasteiger partial charge in [-0.25, -0.2) is 4.79 Å².